The molecule has 2 unspecified atom stereocenters. The second kappa shape index (κ2) is 25.2. The number of benzene rings is 8. The maximum absolute atomic E-state index is 2.50. The molecule has 0 nitrogen and oxygen atoms in total. The van der Waals surface area contributed by atoms with Crippen molar-refractivity contribution in [1.29, 1.82) is 0 Å². The number of allylic oxidation sites excluding steroid dienone is 4. The van der Waals surface area contributed by atoms with Gasteiger partial charge in [0.15, 0.2) is 0 Å². The lowest BCUT2D eigenvalue weighted by atomic mass is 9.69. The highest BCUT2D eigenvalue weighted by atomic mass is 14.4. The molecule has 2 atom stereocenters. The number of unbranched alkanes of at least 4 members (excludes halogenated alkanes) is 1. The molecule has 68 heavy (non-hydrogen) atoms. The van der Waals surface area contributed by atoms with Gasteiger partial charge in [-0.05, 0) is 125 Å². The lowest BCUT2D eigenvalue weighted by Crippen LogP contribution is -2.17. The lowest BCUT2D eigenvalue weighted by molar-refractivity contribution is 0.421. The van der Waals surface area contributed by atoms with Crippen molar-refractivity contribution in [3.63, 3.8) is 0 Å². The standard InChI is InChI=1S/C55H42.C4H10.C3H8.3C2H6/c1-35-33-42-11-2-3-14-43(42)50-20-10-21-51(54(35)50)52-22-9-19-44(55(52)40-12-8-13-40)39-29-27-37(28-30-39)36-23-25-38(26-24-36)41-31-32-49-47-17-5-4-15-45(47)46-16-6-7-18-48(46)53(49)34-41;1-3-4-2;1-3-2;3*1-2/h2-7,9-11,14-34,40,49,53H,8,12-13H2,1H3;3-4H2,1-2H3;3H2,1-2H3;3*1-2H3. The van der Waals surface area contributed by atoms with E-state index in [0.29, 0.717) is 17.8 Å². The Kier molecular flexibility index (Phi) is 19.0. The molecule has 3 aliphatic rings. The van der Waals surface area contributed by atoms with Crippen LogP contribution in [-0.4, -0.2) is 0 Å². The van der Waals surface area contributed by atoms with E-state index >= 15 is 0 Å². The van der Waals surface area contributed by atoms with E-state index in [4.69, 9.17) is 0 Å². The van der Waals surface area contributed by atoms with Crippen LogP contribution in [0.3, 0.4) is 0 Å². The number of fused-ring (bicyclic) bond motifs is 9. The first-order chi connectivity index (χ1) is 33.5. The van der Waals surface area contributed by atoms with Crippen molar-refractivity contribution < 1.29 is 0 Å². The summed E-state index contributed by atoms with van der Waals surface area (Å²) in [4.78, 5) is 0. The molecular weight excluding hydrogens is 817 g/mol. The molecule has 8 aromatic carbocycles. The summed E-state index contributed by atoms with van der Waals surface area (Å²) in [5, 5.41) is 5.37. The SMILES string of the molecule is CC.CC.CC.CCC.CCCC.Cc1cc2ccccc2c2cccc(-c3cccc(-c4ccc(-c5ccc(C6=CC7c8ccccc8-c8ccccc8C7C=C6)cc5)cc4)c3C3CCC3)c12. The van der Waals surface area contributed by atoms with Gasteiger partial charge in [-0.15, -0.1) is 0 Å². The third-order valence-electron chi connectivity index (χ3n) is 13.4. The van der Waals surface area contributed by atoms with Gasteiger partial charge in [-0.3, -0.25) is 0 Å². The zero-order valence-electron chi connectivity index (χ0n) is 43.3. The minimum absolute atomic E-state index is 0.339. The summed E-state index contributed by atoms with van der Waals surface area (Å²) in [5.74, 6) is 1.30. The van der Waals surface area contributed by atoms with Crippen LogP contribution in [0, 0.1) is 6.92 Å². The zero-order chi connectivity index (χ0) is 48.6. The first kappa shape index (κ1) is 51.2. The smallest absolute Gasteiger partial charge is 0.0137 e. The van der Waals surface area contributed by atoms with Gasteiger partial charge in [-0.1, -0.05) is 277 Å². The van der Waals surface area contributed by atoms with Crippen LogP contribution in [-0.2, 0) is 0 Å². The maximum atomic E-state index is 2.50. The Hall–Kier alpha value is -6.24. The van der Waals surface area contributed by atoms with Crippen molar-refractivity contribution in [2.75, 3.05) is 0 Å². The van der Waals surface area contributed by atoms with E-state index in [9.17, 15) is 0 Å². The monoisotopic (exact) mass is 895 g/mol. The van der Waals surface area contributed by atoms with Crippen LogP contribution < -0.4 is 0 Å². The Balaban J connectivity index is 0.000000534. The summed E-state index contributed by atoms with van der Waals surface area (Å²) in [5.41, 5.74) is 19.0. The lowest BCUT2D eigenvalue weighted by Gasteiger charge is -2.35. The van der Waals surface area contributed by atoms with Gasteiger partial charge in [0.2, 0.25) is 0 Å². The van der Waals surface area contributed by atoms with Crippen molar-refractivity contribution >= 4 is 27.1 Å². The van der Waals surface area contributed by atoms with Crippen LogP contribution in [0.15, 0.2) is 182 Å². The minimum Gasteiger partial charge on any atom is -0.0755 e. The second-order valence-electron chi connectivity index (χ2n) is 17.6. The summed E-state index contributed by atoms with van der Waals surface area (Å²) in [6.45, 7) is 22.9. The van der Waals surface area contributed by atoms with E-state index in [1.165, 1.54) is 138 Å². The average Bonchev–Trinajstić information content (AvgIpc) is 3.40. The van der Waals surface area contributed by atoms with E-state index in [2.05, 4.69) is 217 Å². The summed E-state index contributed by atoms with van der Waals surface area (Å²) in [7, 11) is 0. The number of hydrogen-bond donors (Lipinski definition) is 0. The molecule has 3 aliphatic carbocycles. The topological polar surface area (TPSA) is 0 Å². The predicted octanol–water partition coefficient (Wildman–Crippen LogP) is 21.4. The maximum Gasteiger partial charge on any atom is 0.0137 e. The Morgan fingerprint density at radius 1 is 0.441 bits per heavy atom. The van der Waals surface area contributed by atoms with Crippen molar-refractivity contribution in [2.45, 2.75) is 132 Å². The van der Waals surface area contributed by atoms with Gasteiger partial charge in [0.05, 0.1) is 0 Å². The molecule has 8 aromatic rings. The highest BCUT2D eigenvalue weighted by Crippen LogP contribution is 2.51. The van der Waals surface area contributed by atoms with Crippen LogP contribution in [0.1, 0.15) is 153 Å². The van der Waals surface area contributed by atoms with Crippen LogP contribution in [0.4, 0.5) is 0 Å². The van der Waals surface area contributed by atoms with Gasteiger partial charge in [0.25, 0.3) is 0 Å². The molecule has 11 rings (SSSR count). The normalized spacial score (nSPS) is 15.0. The van der Waals surface area contributed by atoms with Gasteiger partial charge in [-0.25, -0.2) is 0 Å². The highest BCUT2D eigenvalue weighted by Gasteiger charge is 2.33. The molecular formula is C68H78. The van der Waals surface area contributed by atoms with Gasteiger partial charge in [0.1, 0.15) is 0 Å². The quantitative estimate of drug-likeness (QED) is 0.146. The van der Waals surface area contributed by atoms with Gasteiger partial charge in [-0.2, -0.15) is 0 Å². The van der Waals surface area contributed by atoms with E-state index in [1.54, 1.807) is 0 Å². The third-order valence-corrected chi connectivity index (χ3v) is 13.4. The van der Waals surface area contributed by atoms with Gasteiger partial charge in [0, 0.05) is 11.8 Å². The molecule has 0 saturated heterocycles. The molecule has 0 spiro atoms. The summed E-state index contributed by atoms with van der Waals surface area (Å²) < 4.78 is 0. The molecule has 0 N–H and O–H groups in total. The minimum atomic E-state index is 0.339. The Labute approximate surface area is 411 Å². The Morgan fingerprint density at radius 2 is 0.912 bits per heavy atom. The Bertz CT molecular complexity index is 2890. The summed E-state index contributed by atoms with van der Waals surface area (Å²) in [6, 6.07) is 61.5. The van der Waals surface area contributed by atoms with Crippen molar-refractivity contribution in [3.05, 3.63) is 210 Å². The largest absolute Gasteiger partial charge is 0.0755 e. The van der Waals surface area contributed by atoms with Crippen molar-refractivity contribution in [2.24, 2.45) is 0 Å². The molecule has 0 radical (unpaired) electrons. The van der Waals surface area contributed by atoms with Crippen LogP contribution in [0.5, 0.6) is 0 Å². The summed E-state index contributed by atoms with van der Waals surface area (Å²) >= 11 is 0. The van der Waals surface area contributed by atoms with E-state index < -0.39 is 0 Å². The molecule has 0 aromatic heterocycles. The first-order valence-electron chi connectivity index (χ1n) is 26.4. The summed E-state index contributed by atoms with van der Waals surface area (Å²) in [6.07, 6.45) is 15.0. The van der Waals surface area contributed by atoms with Crippen molar-refractivity contribution in [3.8, 4) is 44.5 Å². The van der Waals surface area contributed by atoms with E-state index in [-0.39, 0.29) is 0 Å². The average molecular weight is 895 g/mol. The fraction of sp³-hybridized carbons (Fsp3) is 0.294. The van der Waals surface area contributed by atoms with E-state index in [0.717, 1.165) is 0 Å². The molecule has 0 amide bonds. The zero-order valence-corrected chi connectivity index (χ0v) is 43.3. The van der Waals surface area contributed by atoms with Crippen LogP contribution >= 0.6 is 0 Å². The Morgan fingerprint density at radius 3 is 1.50 bits per heavy atom. The fourth-order valence-electron chi connectivity index (χ4n) is 10.0. The molecule has 1 saturated carbocycles. The van der Waals surface area contributed by atoms with Crippen molar-refractivity contribution in [1.82, 2.24) is 0 Å². The third kappa shape index (κ3) is 10.7. The van der Waals surface area contributed by atoms with Gasteiger partial charge < -0.3 is 0 Å². The molecule has 350 valence electrons. The molecule has 0 aliphatic heterocycles. The molecule has 0 heterocycles. The molecule has 0 bridgehead atoms. The van der Waals surface area contributed by atoms with E-state index in [1.807, 2.05) is 41.5 Å². The molecule has 0 heteroatoms. The highest BCUT2D eigenvalue weighted by molar-refractivity contribution is 6.14. The predicted molar refractivity (Wildman–Crippen MR) is 304 cm³/mol. The first-order valence-corrected chi connectivity index (χ1v) is 26.4. The fourth-order valence-corrected chi connectivity index (χ4v) is 10.0. The van der Waals surface area contributed by atoms with Crippen LogP contribution in [0.25, 0.3) is 71.6 Å². The molecule has 1 fully saturated rings. The second-order valence-corrected chi connectivity index (χ2v) is 17.6. The number of hydrogen-bond acceptors (Lipinski definition) is 0. The van der Waals surface area contributed by atoms with Crippen LogP contribution in [0.2, 0.25) is 0 Å². The van der Waals surface area contributed by atoms with Gasteiger partial charge >= 0.3 is 0 Å². The number of aryl methyl sites for hydroxylation is 1. The number of rotatable bonds is 6.